The molecule has 3 aromatic carbocycles. The number of aromatic nitrogens is 2. The predicted molar refractivity (Wildman–Crippen MR) is 122 cm³/mol. The van der Waals surface area contributed by atoms with Crippen LogP contribution in [0.4, 0.5) is 0 Å². The van der Waals surface area contributed by atoms with E-state index < -0.39 is 0 Å². The monoisotopic (exact) mass is 383 g/mol. The summed E-state index contributed by atoms with van der Waals surface area (Å²) >= 11 is 0. The van der Waals surface area contributed by atoms with Gasteiger partial charge in [-0.05, 0) is 84.9 Å². The van der Waals surface area contributed by atoms with Gasteiger partial charge < -0.3 is 4.90 Å². The van der Waals surface area contributed by atoms with Gasteiger partial charge in [-0.25, -0.2) is 0 Å². The Kier molecular flexibility index (Phi) is 6.16. The summed E-state index contributed by atoms with van der Waals surface area (Å²) in [5, 5.41) is 5.64. The zero-order valence-electron chi connectivity index (χ0n) is 17.4. The molecule has 148 valence electrons. The van der Waals surface area contributed by atoms with Gasteiger partial charge in [0.25, 0.3) is 0 Å². The Bertz CT molecular complexity index is 1050. The summed E-state index contributed by atoms with van der Waals surface area (Å²) in [5.41, 5.74) is 3.19. The first-order valence-electron chi connectivity index (χ1n) is 10.5. The van der Waals surface area contributed by atoms with Gasteiger partial charge in [-0.2, -0.15) is 0 Å². The summed E-state index contributed by atoms with van der Waals surface area (Å²) in [4.78, 5) is 9.75. The average Bonchev–Trinajstić information content (AvgIpc) is 2.78. The van der Waals surface area contributed by atoms with Crippen molar-refractivity contribution in [2.75, 3.05) is 20.6 Å². The molecule has 4 aromatic rings. The molecular formula is C26H29N3. The third-order valence-electron chi connectivity index (χ3n) is 5.91. The predicted octanol–water partition coefficient (Wildman–Crippen LogP) is 5.53. The molecule has 1 aliphatic carbocycles. The highest BCUT2D eigenvalue weighted by molar-refractivity contribution is 6.08. The number of fused-ring (bicyclic) bond motifs is 5. The van der Waals surface area contributed by atoms with E-state index in [-0.39, 0.29) is 0 Å². The van der Waals surface area contributed by atoms with Crippen molar-refractivity contribution in [1.82, 2.24) is 14.9 Å². The van der Waals surface area contributed by atoms with E-state index in [1.54, 1.807) is 35.9 Å². The van der Waals surface area contributed by atoms with Crippen LogP contribution in [0.5, 0.6) is 0 Å². The standard InChI is InChI=1S/C22H25N.C4H4N2/c1-23(2)14-13-16-7-10-20-18(15-16)9-12-21-19-6-4-3-5-17(19)8-11-22(20)21;1-2-6-4-3-5-1/h3-6,8-9,11-12,16H,7,10,13-15H2,1-2H3;1-4H. The number of nitrogens with zero attached hydrogens (tertiary/aromatic N) is 3. The van der Waals surface area contributed by atoms with Crippen LogP contribution in [0.15, 0.2) is 73.3 Å². The third-order valence-corrected chi connectivity index (χ3v) is 5.91. The van der Waals surface area contributed by atoms with Crippen molar-refractivity contribution in [3.8, 4) is 0 Å². The van der Waals surface area contributed by atoms with Crippen LogP contribution >= 0.6 is 0 Å². The maximum absolute atomic E-state index is 3.72. The average molecular weight is 384 g/mol. The molecule has 3 nitrogen and oxygen atoms in total. The second kappa shape index (κ2) is 9.15. The third kappa shape index (κ3) is 4.63. The SMILES string of the molecule is CN(C)CCC1CCc2c(ccc3c2ccc2ccccc23)C1.c1cnccn1. The number of hydrogen-bond acceptors (Lipinski definition) is 3. The van der Waals surface area contributed by atoms with Crippen LogP contribution in [0.2, 0.25) is 0 Å². The van der Waals surface area contributed by atoms with Crippen molar-refractivity contribution in [2.24, 2.45) is 5.92 Å². The topological polar surface area (TPSA) is 29.0 Å². The van der Waals surface area contributed by atoms with E-state index in [9.17, 15) is 0 Å². The molecule has 29 heavy (non-hydrogen) atoms. The van der Waals surface area contributed by atoms with Crippen LogP contribution in [-0.2, 0) is 12.8 Å². The minimum atomic E-state index is 0.850. The Hall–Kier alpha value is -2.78. The van der Waals surface area contributed by atoms with Gasteiger partial charge in [-0.15, -0.1) is 0 Å². The molecule has 1 aromatic heterocycles. The summed E-state index contributed by atoms with van der Waals surface area (Å²) in [5.74, 6) is 0.850. The molecule has 0 spiro atoms. The van der Waals surface area contributed by atoms with Crippen LogP contribution in [0.25, 0.3) is 21.5 Å². The summed E-state index contributed by atoms with van der Waals surface area (Å²) in [7, 11) is 4.35. The van der Waals surface area contributed by atoms with Crippen molar-refractivity contribution >= 4 is 21.5 Å². The molecule has 0 bridgehead atoms. The molecule has 0 saturated heterocycles. The summed E-state index contributed by atoms with van der Waals surface area (Å²) in [6.07, 6.45) is 11.7. The molecule has 0 N–H and O–H groups in total. The van der Waals surface area contributed by atoms with Crippen molar-refractivity contribution in [1.29, 1.82) is 0 Å². The number of hydrogen-bond donors (Lipinski definition) is 0. The molecule has 1 unspecified atom stereocenters. The van der Waals surface area contributed by atoms with Gasteiger partial charge >= 0.3 is 0 Å². The van der Waals surface area contributed by atoms with Crippen molar-refractivity contribution < 1.29 is 0 Å². The Morgan fingerprint density at radius 1 is 0.828 bits per heavy atom. The Morgan fingerprint density at radius 3 is 2.28 bits per heavy atom. The highest BCUT2D eigenvalue weighted by Gasteiger charge is 2.20. The molecule has 1 atom stereocenters. The largest absolute Gasteiger partial charge is 0.309 e. The van der Waals surface area contributed by atoms with Crippen LogP contribution in [0, 0.1) is 5.92 Å². The van der Waals surface area contributed by atoms with E-state index in [1.165, 1.54) is 53.8 Å². The normalized spacial score (nSPS) is 15.8. The van der Waals surface area contributed by atoms with Crippen LogP contribution in [-0.4, -0.2) is 35.5 Å². The van der Waals surface area contributed by atoms with Crippen LogP contribution in [0.3, 0.4) is 0 Å². The van der Waals surface area contributed by atoms with E-state index in [0.717, 1.165) is 5.92 Å². The van der Waals surface area contributed by atoms with Crippen molar-refractivity contribution in [3.05, 3.63) is 84.4 Å². The van der Waals surface area contributed by atoms with E-state index >= 15 is 0 Å². The second-order valence-corrected chi connectivity index (χ2v) is 8.18. The van der Waals surface area contributed by atoms with Crippen LogP contribution < -0.4 is 0 Å². The molecular weight excluding hydrogens is 354 g/mol. The van der Waals surface area contributed by atoms with E-state index in [2.05, 4.69) is 77.5 Å². The smallest absolute Gasteiger partial charge is 0.0451 e. The maximum atomic E-state index is 3.72. The Balaban J connectivity index is 0.000000294. The lowest BCUT2D eigenvalue weighted by Crippen LogP contribution is -2.21. The lowest BCUT2D eigenvalue weighted by atomic mass is 9.80. The van der Waals surface area contributed by atoms with Gasteiger partial charge in [-0.3, -0.25) is 9.97 Å². The van der Waals surface area contributed by atoms with Gasteiger partial charge in [0, 0.05) is 24.8 Å². The van der Waals surface area contributed by atoms with Crippen molar-refractivity contribution in [2.45, 2.75) is 25.7 Å². The van der Waals surface area contributed by atoms with Gasteiger partial charge in [0.05, 0.1) is 0 Å². The van der Waals surface area contributed by atoms with Crippen LogP contribution in [0.1, 0.15) is 24.0 Å². The minimum absolute atomic E-state index is 0.850. The zero-order chi connectivity index (χ0) is 20.1. The summed E-state index contributed by atoms with van der Waals surface area (Å²) < 4.78 is 0. The van der Waals surface area contributed by atoms with E-state index in [0.29, 0.717) is 0 Å². The summed E-state index contributed by atoms with van der Waals surface area (Å²) in [6, 6.07) is 18.1. The van der Waals surface area contributed by atoms with E-state index in [4.69, 9.17) is 0 Å². The molecule has 0 saturated carbocycles. The molecule has 0 amide bonds. The first-order valence-corrected chi connectivity index (χ1v) is 10.5. The molecule has 0 fully saturated rings. The number of rotatable bonds is 3. The molecule has 1 heterocycles. The number of benzene rings is 3. The molecule has 0 radical (unpaired) electrons. The van der Waals surface area contributed by atoms with Gasteiger partial charge in [0.15, 0.2) is 0 Å². The molecule has 3 heteroatoms. The van der Waals surface area contributed by atoms with Gasteiger partial charge in [-0.1, -0.05) is 48.5 Å². The fourth-order valence-corrected chi connectivity index (χ4v) is 4.38. The Labute approximate surface area is 173 Å². The summed E-state index contributed by atoms with van der Waals surface area (Å²) in [6.45, 7) is 1.21. The number of aryl methyl sites for hydroxylation is 1. The fourth-order valence-electron chi connectivity index (χ4n) is 4.38. The second-order valence-electron chi connectivity index (χ2n) is 8.18. The lowest BCUT2D eigenvalue weighted by molar-refractivity contribution is 0.331. The Morgan fingerprint density at radius 2 is 1.55 bits per heavy atom. The first kappa shape index (κ1) is 19.5. The van der Waals surface area contributed by atoms with Crippen molar-refractivity contribution in [3.63, 3.8) is 0 Å². The fraction of sp³-hybridized carbons (Fsp3) is 0.308. The highest BCUT2D eigenvalue weighted by atomic mass is 15.0. The first-order chi connectivity index (χ1) is 14.2. The molecule has 1 aliphatic rings. The molecule has 0 aliphatic heterocycles. The zero-order valence-corrected chi connectivity index (χ0v) is 17.4. The quantitative estimate of drug-likeness (QED) is 0.436. The van der Waals surface area contributed by atoms with Gasteiger partial charge in [0.2, 0.25) is 0 Å². The van der Waals surface area contributed by atoms with E-state index in [1.807, 2.05) is 0 Å². The highest BCUT2D eigenvalue weighted by Crippen LogP contribution is 2.35. The maximum Gasteiger partial charge on any atom is 0.0451 e. The minimum Gasteiger partial charge on any atom is -0.309 e. The van der Waals surface area contributed by atoms with Gasteiger partial charge in [0.1, 0.15) is 0 Å². The molecule has 5 rings (SSSR count). The lowest BCUT2D eigenvalue weighted by Gasteiger charge is -2.27.